The average Bonchev–Trinajstić information content (AvgIpc) is 2.57. The number of aromatic nitrogens is 3. The zero-order chi connectivity index (χ0) is 8.97. The first-order valence-corrected chi connectivity index (χ1v) is 3.49. The van der Waals surface area contributed by atoms with E-state index in [2.05, 4.69) is 20.9 Å². The first kappa shape index (κ1) is 8.48. The molecule has 0 saturated carbocycles. The maximum absolute atomic E-state index is 5.53. The highest BCUT2D eigenvalue weighted by Gasteiger charge is 1.97. The number of aromatic amines is 1. The van der Waals surface area contributed by atoms with Crippen LogP contribution >= 0.6 is 0 Å². The highest BCUT2D eigenvalue weighted by Crippen LogP contribution is 2.13. The van der Waals surface area contributed by atoms with Gasteiger partial charge in [-0.15, -0.1) is 0 Å². The zero-order valence-corrected chi connectivity index (χ0v) is 6.78. The average molecular weight is 165 g/mol. The molecule has 0 unspecified atom stereocenters. The first-order chi connectivity index (χ1) is 5.88. The van der Waals surface area contributed by atoms with E-state index >= 15 is 0 Å². The Hall–Kier alpha value is -1.62. The minimum absolute atomic E-state index is 0.520. The van der Waals surface area contributed by atoms with Gasteiger partial charge in [-0.1, -0.05) is 0 Å². The molecule has 2 rings (SSSR count). The maximum atomic E-state index is 5.53. The van der Waals surface area contributed by atoms with Crippen LogP contribution in [0.4, 0.5) is 5.82 Å². The molecule has 2 heterocycles. The second kappa shape index (κ2) is 3.68. The van der Waals surface area contributed by atoms with Crippen molar-refractivity contribution in [1.29, 1.82) is 0 Å². The van der Waals surface area contributed by atoms with Gasteiger partial charge in [0.05, 0.1) is 17.1 Å². The molecule has 0 bridgehead atoms. The molecule has 0 amide bonds. The smallest absolute Gasteiger partial charge is 0.134 e. The number of fused-ring (bicyclic) bond motifs is 1. The van der Waals surface area contributed by atoms with Crippen LogP contribution in [-0.2, 0) is 0 Å². The Labute approximate surface area is 69.8 Å². The van der Waals surface area contributed by atoms with Crippen molar-refractivity contribution in [3.05, 3.63) is 18.5 Å². The summed E-state index contributed by atoms with van der Waals surface area (Å²) in [6.07, 6.45) is 3.31. The van der Waals surface area contributed by atoms with Crippen molar-refractivity contribution in [1.82, 2.24) is 15.2 Å². The standard InChI is InChI=1S/C6H6N4.CH5N/c7-6-4-3-9-10-5(4)1-2-8-6;1-2/h1-3H,(H2,7,8)(H,9,10);2H2,1H3. The largest absolute Gasteiger partial charge is 0.383 e. The van der Waals surface area contributed by atoms with Crippen molar-refractivity contribution in [2.24, 2.45) is 5.73 Å². The minimum Gasteiger partial charge on any atom is -0.383 e. The zero-order valence-electron chi connectivity index (χ0n) is 6.78. The molecule has 2 aromatic heterocycles. The van der Waals surface area contributed by atoms with Crippen LogP contribution in [0.3, 0.4) is 0 Å². The van der Waals surface area contributed by atoms with Gasteiger partial charge in [0, 0.05) is 6.20 Å². The third-order valence-electron chi connectivity index (χ3n) is 1.40. The second-order valence-electron chi connectivity index (χ2n) is 2.03. The van der Waals surface area contributed by atoms with E-state index in [0.29, 0.717) is 5.82 Å². The number of pyridine rings is 1. The highest BCUT2D eigenvalue weighted by molar-refractivity contribution is 5.86. The van der Waals surface area contributed by atoms with E-state index in [1.807, 2.05) is 6.07 Å². The molecule has 64 valence electrons. The third-order valence-corrected chi connectivity index (χ3v) is 1.40. The van der Waals surface area contributed by atoms with E-state index in [1.165, 1.54) is 7.05 Å². The Bertz CT molecular complexity index is 353. The molecular weight excluding hydrogens is 154 g/mol. The van der Waals surface area contributed by atoms with Crippen molar-refractivity contribution in [3.63, 3.8) is 0 Å². The normalized spacial score (nSPS) is 9.17. The van der Waals surface area contributed by atoms with Gasteiger partial charge in [0.1, 0.15) is 5.82 Å². The number of hydrogen-bond donors (Lipinski definition) is 3. The summed E-state index contributed by atoms with van der Waals surface area (Å²) in [6, 6.07) is 1.83. The fourth-order valence-electron chi connectivity index (χ4n) is 0.889. The van der Waals surface area contributed by atoms with Crippen LogP contribution < -0.4 is 11.5 Å². The van der Waals surface area contributed by atoms with Crippen LogP contribution in [0, 0.1) is 0 Å². The molecule has 0 aliphatic rings. The fraction of sp³-hybridized carbons (Fsp3) is 0.143. The molecule has 0 aromatic carbocycles. The molecule has 0 spiro atoms. The van der Waals surface area contributed by atoms with Gasteiger partial charge in [-0.05, 0) is 13.1 Å². The summed E-state index contributed by atoms with van der Waals surface area (Å²) in [5.41, 5.74) is 11.0. The summed E-state index contributed by atoms with van der Waals surface area (Å²) in [5, 5.41) is 7.48. The van der Waals surface area contributed by atoms with Crippen molar-refractivity contribution in [2.45, 2.75) is 0 Å². The van der Waals surface area contributed by atoms with Crippen LogP contribution in [0.5, 0.6) is 0 Å². The molecule has 0 saturated heterocycles. The summed E-state index contributed by atoms with van der Waals surface area (Å²) in [5.74, 6) is 0.520. The topological polar surface area (TPSA) is 93.6 Å². The quantitative estimate of drug-likeness (QED) is 0.516. The molecule has 0 atom stereocenters. The molecular formula is C7H11N5. The maximum Gasteiger partial charge on any atom is 0.134 e. The van der Waals surface area contributed by atoms with Crippen LogP contribution in [-0.4, -0.2) is 22.2 Å². The molecule has 5 heteroatoms. The van der Waals surface area contributed by atoms with Gasteiger partial charge in [-0.25, -0.2) is 4.98 Å². The number of hydrogen-bond acceptors (Lipinski definition) is 4. The fourth-order valence-corrected chi connectivity index (χ4v) is 0.889. The number of H-pyrrole nitrogens is 1. The Morgan fingerprint density at radius 3 is 2.83 bits per heavy atom. The third kappa shape index (κ3) is 1.35. The Balaban J connectivity index is 0.000000336. The molecule has 0 fully saturated rings. The molecule has 12 heavy (non-hydrogen) atoms. The van der Waals surface area contributed by atoms with E-state index in [4.69, 9.17) is 5.73 Å². The van der Waals surface area contributed by atoms with Gasteiger partial charge in [0.2, 0.25) is 0 Å². The summed E-state index contributed by atoms with van der Waals surface area (Å²) < 4.78 is 0. The van der Waals surface area contributed by atoms with E-state index in [9.17, 15) is 0 Å². The summed E-state index contributed by atoms with van der Waals surface area (Å²) >= 11 is 0. The number of nitrogen functional groups attached to an aromatic ring is 1. The lowest BCUT2D eigenvalue weighted by atomic mass is 10.3. The number of rotatable bonds is 0. The number of nitrogens with zero attached hydrogens (tertiary/aromatic N) is 2. The van der Waals surface area contributed by atoms with Gasteiger partial charge in [0.15, 0.2) is 0 Å². The van der Waals surface area contributed by atoms with E-state index < -0.39 is 0 Å². The Kier molecular flexibility index (Phi) is 2.60. The molecule has 5 N–H and O–H groups in total. The van der Waals surface area contributed by atoms with Crippen molar-refractivity contribution < 1.29 is 0 Å². The van der Waals surface area contributed by atoms with Crippen LogP contribution in [0.2, 0.25) is 0 Å². The van der Waals surface area contributed by atoms with Crippen LogP contribution in [0.1, 0.15) is 0 Å². The SMILES string of the molecule is CN.Nc1nccc2[nH]ncc12. The van der Waals surface area contributed by atoms with Gasteiger partial charge < -0.3 is 11.5 Å². The van der Waals surface area contributed by atoms with E-state index in [0.717, 1.165) is 10.9 Å². The molecule has 0 radical (unpaired) electrons. The van der Waals surface area contributed by atoms with E-state index in [-0.39, 0.29) is 0 Å². The van der Waals surface area contributed by atoms with Gasteiger partial charge in [0.25, 0.3) is 0 Å². The molecule has 2 aromatic rings. The first-order valence-electron chi connectivity index (χ1n) is 3.49. The highest BCUT2D eigenvalue weighted by atomic mass is 15.1. The Morgan fingerprint density at radius 2 is 2.17 bits per heavy atom. The summed E-state index contributed by atoms with van der Waals surface area (Å²) in [6.45, 7) is 0. The number of anilines is 1. The Morgan fingerprint density at radius 1 is 1.42 bits per heavy atom. The predicted molar refractivity (Wildman–Crippen MR) is 48.4 cm³/mol. The number of nitrogens with one attached hydrogen (secondary N) is 1. The molecule has 0 aliphatic carbocycles. The molecule has 5 nitrogen and oxygen atoms in total. The molecule has 0 aliphatic heterocycles. The monoisotopic (exact) mass is 165 g/mol. The summed E-state index contributed by atoms with van der Waals surface area (Å²) in [7, 11) is 1.50. The van der Waals surface area contributed by atoms with Crippen molar-refractivity contribution in [2.75, 3.05) is 12.8 Å². The van der Waals surface area contributed by atoms with Crippen molar-refractivity contribution in [3.8, 4) is 0 Å². The van der Waals surface area contributed by atoms with Crippen LogP contribution in [0.25, 0.3) is 10.9 Å². The van der Waals surface area contributed by atoms with Crippen molar-refractivity contribution >= 4 is 16.7 Å². The van der Waals surface area contributed by atoms with Gasteiger partial charge in [-0.3, -0.25) is 5.10 Å². The van der Waals surface area contributed by atoms with Crippen LogP contribution in [0.15, 0.2) is 18.5 Å². The lowest BCUT2D eigenvalue weighted by Gasteiger charge is -1.90. The predicted octanol–water partition coefficient (Wildman–Crippen LogP) is 0.115. The lowest BCUT2D eigenvalue weighted by molar-refractivity contribution is 1.12. The second-order valence-corrected chi connectivity index (χ2v) is 2.03. The lowest BCUT2D eigenvalue weighted by Crippen LogP contribution is -1.88. The minimum atomic E-state index is 0.520. The van der Waals surface area contributed by atoms with E-state index in [1.54, 1.807) is 12.4 Å². The summed E-state index contributed by atoms with van der Waals surface area (Å²) in [4.78, 5) is 3.90. The van der Waals surface area contributed by atoms with Gasteiger partial charge in [-0.2, -0.15) is 5.10 Å². The number of nitrogens with two attached hydrogens (primary N) is 2. The van der Waals surface area contributed by atoms with Gasteiger partial charge >= 0.3 is 0 Å².